The van der Waals surface area contributed by atoms with Gasteiger partial charge in [-0.05, 0) is 52.6 Å². The molecule has 0 spiro atoms. The van der Waals surface area contributed by atoms with E-state index < -0.39 is 0 Å². The summed E-state index contributed by atoms with van der Waals surface area (Å²) in [6, 6.07) is 3.80. The van der Waals surface area contributed by atoms with Crippen LogP contribution < -0.4 is 20.1 Å². The van der Waals surface area contributed by atoms with Crippen molar-refractivity contribution in [2.24, 2.45) is 11.8 Å². The fourth-order valence-corrected chi connectivity index (χ4v) is 2.95. The van der Waals surface area contributed by atoms with Crippen LogP contribution in [0.1, 0.15) is 12.5 Å². The van der Waals surface area contributed by atoms with Crippen LogP contribution >= 0.6 is 15.9 Å². The second-order valence-corrected chi connectivity index (χ2v) is 6.09. The molecule has 1 aliphatic heterocycles. The van der Waals surface area contributed by atoms with Gasteiger partial charge < -0.3 is 20.1 Å². The van der Waals surface area contributed by atoms with E-state index in [4.69, 9.17) is 9.47 Å². The molecular formula is C15H21BrN2O3. The van der Waals surface area contributed by atoms with Crippen LogP contribution in [0, 0.1) is 11.8 Å². The van der Waals surface area contributed by atoms with Gasteiger partial charge in [0.25, 0.3) is 0 Å². The number of nitrogens with one attached hydrogen (secondary N) is 2. The predicted molar refractivity (Wildman–Crippen MR) is 84.6 cm³/mol. The Labute approximate surface area is 133 Å². The average Bonchev–Trinajstić information content (AvgIpc) is 2.41. The Morgan fingerprint density at radius 2 is 2.14 bits per heavy atom. The van der Waals surface area contributed by atoms with Crippen molar-refractivity contribution in [3.63, 3.8) is 0 Å². The highest BCUT2D eigenvalue weighted by Gasteiger charge is 2.28. The van der Waals surface area contributed by atoms with Crippen LogP contribution in [-0.2, 0) is 11.3 Å². The second kappa shape index (κ2) is 7.13. The molecule has 0 aromatic heterocycles. The van der Waals surface area contributed by atoms with E-state index in [0.717, 1.165) is 23.1 Å². The van der Waals surface area contributed by atoms with Crippen LogP contribution in [-0.4, -0.2) is 33.2 Å². The molecule has 116 valence electrons. The third-order valence-electron chi connectivity index (χ3n) is 3.89. The van der Waals surface area contributed by atoms with Crippen molar-refractivity contribution in [2.75, 3.05) is 27.3 Å². The molecule has 1 saturated heterocycles. The normalized spacial score (nSPS) is 16.0. The fraction of sp³-hybridized carbons (Fsp3) is 0.533. The van der Waals surface area contributed by atoms with E-state index in [0.29, 0.717) is 24.0 Å². The van der Waals surface area contributed by atoms with Gasteiger partial charge in [0.2, 0.25) is 5.91 Å². The molecule has 6 heteroatoms. The van der Waals surface area contributed by atoms with Gasteiger partial charge in [0.1, 0.15) is 0 Å². The SMILES string of the molecule is COc1cc(CNC(=O)C(C)C2CNC2)cc(Br)c1OC. The Hall–Kier alpha value is -1.27. The highest BCUT2D eigenvalue weighted by atomic mass is 79.9. The van der Waals surface area contributed by atoms with Gasteiger partial charge in [-0.25, -0.2) is 0 Å². The molecule has 0 saturated carbocycles. The monoisotopic (exact) mass is 356 g/mol. The number of ether oxygens (including phenoxy) is 2. The molecule has 0 bridgehead atoms. The highest BCUT2D eigenvalue weighted by molar-refractivity contribution is 9.10. The standard InChI is InChI=1S/C15H21BrN2O3/c1-9(11-7-17-8-11)15(19)18-6-10-4-12(16)14(21-3)13(5-10)20-2/h4-5,9,11,17H,6-8H2,1-3H3,(H,18,19). The molecule has 21 heavy (non-hydrogen) atoms. The van der Waals surface area contributed by atoms with Gasteiger partial charge in [-0.3, -0.25) is 4.79 Å². The van der Waals surface area contributed by atoms with Crippen molar-refractivity contribution in [1.82, 2.24) is 10.6 Å². The number of benzene rings is 1. The average molecular weight is 357 g/mol. The van der Waals surface area contributed by atoms with Crippen LogP contribution in [0.4, 0.5) is 0 Å². The first-order chi connectivity index (χ1) is 10.1. The van der Waals surface area contributed by atoms with E-state index in [-0.39, 0.29) is 11.8 Å². The van der Waals surface area contributed by atoms with E-state index in [1.165, 1.54) is 0 Å². The quantitative estimate of drug-likeness (QED) is 0.817. The van der Waals surface area contributed by atoms with Crippen LogP contribution in [0.15, 0.2) is 16.6 Å². The molecule has 1 unspecified atom stereocenters. The molecule has 1 atom stereocenters. The van der Waals surface area contributed by atoms with Crippen molar-refractivity contribution < 1.29 is 14.3 Å². The first-order valence-electron chi connectivity index (χ1n) is 6.95. The Morgan fingerprint density at radius 3 is 2.67 bits per heavy atom. The van der Waals surface area contributed by atoms with Gasteiger partial charge in [0, 0.05) is 12.5 Å². The zero-order chi connectivity index (χ0) is 15.4. The molecule has 1 aromatic rings. The minimum absolute atomic E-state index is 0.0369. The number of carbonyl (C=O) groups excluding carboxylic acids is 1. The van der Waals surface area contributed by atoms with Crippen LogP contribution in [0.25, 0.3) is 0 Å². The summed E-state index contributed by atoms with van der Waals surface area (Å²) in [6.45, 7) is 4.31. The summed E-state index contributed by atoms with van der Waals surface area (Å²) in [5, 5.41) is 6.17. The molecule has 1 amide bonds. The minimum atomic E-state index is 0.0369. The smallest absolute Gasteiger partial charge is 0.223 e. The zero-order valence-electron chi connectivity index (χ0n) is 12.5. The molecule has 1 aliphatic rings. The molecule has 1 heterocycles. The Bertz CT molecular complexity index is 518. The van der Waals surface area contributed by atoms with Gasteiger partial charge in [-0.15, -0.1) is 0 Å². The third-order valence-corrected chi connectivity index (χ3v) is 4.48. The largest absolute Gasteiger partial charge is 0.493 e. The van der Waals surface area contributed by atoms with Crippen molar-refractivity contribution >= 4 is 21.8 Å². The lowest BCUT2D eigenvalue weighted by atomic mass is 9.88. The number of halogens is 1. The molecule has 1 fully saturated rings. The van der Waals surface area contributed by atoms with E-state index in [1.54, 1.807) is 14.2 Å². The molecule has 0 radical (unpaired) electrons. The van der Waals surface area contributed by atoms with Gasteiger partial charge in [-0.2, -0.15) is 0 Å². The van der Waals surface area contributed by atoms with Crippen molar-refractivity contribution in [3.05, 3.63) is 22.2 Å². The maximum absolute atomic E-state index is 12.1. The predicted octanol–water partition coefficient (Wildman–Crippen LogP) is 1.94. The summed E-state index contributed by atoms with van der Waals surface area (Å²) in [6.07, 6.45) is 0. The van der Waals surface area contributed by atoms with Crippen LogP contribution in [0.2, 0.25) is 0 Å². The summed E-state index contributed by atoms with van der Waals surface area (Å²) in [7, 11) is 3.19. The summed E-state index contributed by atoms with van der Waals surface area (Å²) in [5.74, 6) is 1.87. The molecule has 2 N–H and O–H groups in total. The van der Waals surface area contributed by atoms with Crippen LogP contribution in [0.3, 0.4) is 0 Å². The molecule has 1 aromatic carbocycles. The lowest BCUT2D eigenvalue weighted by Gasteiger charge is -2.31. The zero-order valence-corrected chi connectivity index (χ0v) is 14.1. The number of amides is 1. The van der Waals surface area contributed by atoms with Gasteiger partial charge >= 0.3 is 0 Å². The maximum atomic E-state index is 12.1. The second-order valence-electron chi connectivity index (χ2n) is 5.24. The number of carbonyl (C=O) groups is 1. The van der Waals surface area contributed by atoms with Crippen LogP contribution in [0.5, 0.6) is 11.5 Å². The minimum Gasteiger partial charge on any atom is -0.493 e. The van der Waals surface area contributed by atoms with Gasteiger partial charge in [0.15, 0.2) is 11.5 Å². The Kier molecular flexibility index (Phi) is 5.47. The Balaban J connectivity index is 1.99. The summed E-state index contributed by atoms with van der Waals surface area (Å²) in [4.78, 5) is 12.1. The maximum Gasteiger partial charge on any atom is 0.223 e. The van der Waals surface area contributed by atoms with Gasteiger partial charge in [-0.1, -0.05) is 6.92 Å². The van der Waals surface area contributed by atoms with E-state index in [2.05, 4.69) is 26.6 Å². The molecule has 2 rings (SSSR count). The topological polar surface area (TPSA) is 59.6 Å². The van der Waals surface area contributed by atoms with E-state index in [9.17, 15) is 4.79 Å². The van der Waals surface area contributed by atoms with Gasteiger partial charge in [0.05, 0.1) is 18.7 Å². The highest BCUT2D eigenvalue weighted by Crippen LogP contribution is 2.36. The number of hydrogen-bond acceptors (Lipinski definition) is 4. The first-order valence-corrected chi connectivity index (χ1v) is 7.75. The first kappa shape index (κ1) is 16.1. The summed E-state index contributed by atoms with van der Waals surface area (Å²) >= 11 is 3.45. The van der Waals surface area contributed by atoms with Crippen molar-refractivity contribution in [1.29, 1.82) is 0 Å². The Morgan fingerprint density at radius 1 is 1.43 bits per heavy atom. The molecular weight excluding hydrogens is 336 g/mol. The van der Waals surface area contributed by atoms with E-state index >= 15 is 0 Å². The summed E-state index contributed by atoms with van der Waals surface area (Å²) in [5.41, 5.74) is 0.965. The number of methoxy groups -OCH3 is 2. The van der Waals surface area contributed by atoms with Crippen molar-refractivity contribution in [2.45, 2.75) is 13.5 Å². The van der Waals surface area contributed by atoms with Crippen molar-refractivity contribution in [3.8, 4) is 11.5 Å². The lowest BCUT2D eigenvalue weighted by molar-refractivity contribution is -0.126. The third kappa shape index (κ3) is 3.68. The fourth-order valence-electron chi connectivity index (χ4n) is 2.30. The molecule has 5 nitrogen and oxygen atoms in total. The molecule has 0 aliphatic carbocycles. The number of hydrogen-bond donors (Lipinski definition) is 2. The lowest BCUT2D eigenvalue weighted by Crippen LogP contribution is -2.49. The van der Waals surface area contributed by atoms with E-state index in [1.807, 2.05) is 19.1 Å². The number of rotatable bonds is 6. The summed E-state index contributed by atoms with van der Waals surface area (Å²) < 4.78 is 11.4.